The molecule has 0 spiro atoms. The van der Waals surface area contributed by atoms with Gasteiger partial charge in [-0.1, -0.05) is 23.2 Å². The summed E-state index contributed by atoms with van der Waals surface area (Å²) in [6, 6.07) is 4.76. The van der Waals surface area contributed by atoms with Crippen LogP contribution in [0.4, 0.5) is 0 Å². The summed E-state index contributed by atoms with van der Waals surface area (Å²) < 4.78 is 6.73. The quantitative estimate of drug-likeness (QED) is 0.685. The van der Waals surface area contributed by atoms with E-state index in [-0.39, 0.29) is 12.3 Å². The molecule has 3 rings (SSSR count). The minimum Gasteiger partial charge on any atom is -0.479 e. The Morgan fingerprint density at radius 3 is 2.82 bits per heavy atom. The molecule has 0 aliphatic rings. The zero-order valence-corrected chi connectivity index (χ0v) is 13.0. The smallest absolute Gasteiger partial charge is 0.245 e. The number of halogens is 2. The van der Waals surface area contributed by atoms with Gasteiger partial charge in [0.25, 0.3) is 0 Å². The maximum absolute atomic E-state index is 12.4. The van der Waals surface area contributed by atoms with Crippen LogP contribution < -0.4 is 4.74 Å². The maximum atomic E-state index is 12.4. The third kappa shape index (κ3) is 2.63. The molecule has 0 bridgehead atoms. The van der Waals surface area contributed by atoms with Gasteiger partial charge in [0.1, 0.15) is 6.33 Å². The van der Waals surface area contributed by atoms with Crippen LogP contribution in [0, 0.1) is 0 Å². The van der Waals surface area contributed by atoms with Crippen LogP contribution in [0.3, 0.4) is 0 Å². The highest BCUT2D eigenvalue weighted by molar-refractivity contribution is 6.36. The fourth-order valence-electron chi connectivity index (χ4n) is 2.08. The summed E-state index contributed by atoms with van der Waals surface area (Å²) in [7, 11) is 1.50. The number of imidazole rings is 1. The average Bonchev–Trinajstić information content (AvgIpc) is 2.90. The van der Waals surface area contributed by atoms with Gasteiger partial charge >= 0.3 is 0 Å². The van der Waals surface area contributed by atoms with Crippen molar-refractivity contribution >= 4 is 40.1 Å². The second-order valence-electron chi connectivity index (χ2n) is 4.47. The second-order valence-corrected chi connectivity index (χ2v) is 5.32. The van der Waals surface area contributed by atoms with Crippen molar-refractivity contribution in [1.82, 2.24) is 19.5 Å². The van der Waals surface area contributed by atoms with Crippen molar-refractivity contribution in [3.8, 4) is 5.88 Å². The largest absolute Gasteiger partial charge is 0.479 e. The summed E-state index contributed by atoms with van der Waals surface area (Å²) in [5.41, 5.74) is 1.42. The van der Waals surface area contributed by atoms with E-state index in [2.05, 4.69) is 15.0 Å². The summed E-state index contributed by atoms with van der Waals surface area (Å²) in [6.07, 6.45) is 2.88. The van der Waals surface area contributed by atoms with E-state index in [1.165, 1.54) is 25.8 Å². The lowest BCUT2D eigenvalue weighted by Gasteiger charge is -2.06. The summed E-state index contributed by atoms with van der Waals surface area (Å²) in [6.45, 7) is 0.0536. The Hall–Kier alpha value is -2.18. The van der Waals surface area contributed by atoms with E-state index in [1.807, 2.05) is 0 Å². The third-order valence-corrected chi connectivity index (χ3v) is 3.65. The lowest BCUT2D eigenvalue weighted by molar-refractivity contribution is 0.0973. The van der Waals surface area contributed by atoms with Crippen LogP contribution >= 0.6 is 23.2 Å². The van der Waals surface area contributed by atoms with Crippen molar-refractivity contribution in [2.75, 3.05) is 7.11 Å². The number of aromatic nitrogens is 4. The lowest BCUT2D eigenvalue weighted by atomic mass is 10.1. The van der Waals surface area contributed by atoms with Gasteiger partial charge in [-0.2, -0.15) is 4.98 Å². The second kappa shape index (κ2) is 5.90. The monoisotopic (exact) mass is 336 g/mol. The fourth-order valence-corrected chi connectivity index (χ4v) is 2.59. The maximum Gasteiger partial charge on any atom is 0.245 e. The molecule has 0 amide bonds. The van der Waals surface area contributed by atoms with Crippen LogP contribution in [0.1, 0.15) is 10.4 Å². The lowest BCUT2D eigenvalue weighted by Crippen LogP contribution is -2.10. The molecular formula is C14H10Cl2N4O2. The zero-order valence-electron chi connectivity index (χ0n) is 11.5. The highest BCUT2D eigenvalue weighted by atomic mass is 35.5. The molecule has 0 saturated heterocycles. The highest BCUT2D eigenvalue weighted by Crippen LogP contribution is 2.23. The Labute approximate surface area is 135 Å². The Kier molecular flexibility index (Phi) is 3.96. The molecule has 0 aliphatic heterocycles. The van der Waals surface area contributed by atoms with Crippen LogP contribution in [-0.4, -0.2) is 32.4 Å². The number of ketones is 1. The number of rotatable bonds is 4. The molecule has 1 aromatic carbocycles. The standard InChI is InChI=1S/C14H10Cl2N4O2/c1-22-14-12-13(17-6-18-14)20(7-19-12)5-11(21)9-3-2-8(15)4-10(9)16/h2-4,6-7H,5H2,1H3. The van der Waals surface area contributed by atoms with Crippen LogP contribution in [0.25, 0.3) is 11.2 Å². The minimum absolute atomic E-state index is 0.0536. The molecule has 0 unspecified atom stereocenters. The first-order chi connectivity index (χ1) is 10.6. The van der Waals surface area contributed by atoms with Crippen molar-refractivity contribution in [1.29, 1.82) is 0 Å². The highest BCUT2D eigenvalue weighted by Gasteiger charge is 2.15. The number of Topliss-reactive ketones (excluding diaryl/α,β-unsaturated/α-hetero) is 1. The molecule has 2 heterocycles. The molecule has 0 N–H and O–H groups in total. The van der Waals surface area contributed by atoms with E-state index in [4.69, 9.17) is 27.9 Å². The van der Waals surface area contributed by atoms with Crippen LogP contribution in [0.2, 0.25) is 10.0 Å². The van der Waals surface area contributed by atoms with Crippen molar-refractivity contribution in [2.24, 2.45) is 0 Å². The predicted octanol–water partition coefficient (Wildman–Crippen LogP) is 3.02. The molecule has 0 saturated carbocycles. The molecule has 6 nitrogen and oxygen atoms in total. The van der Waals surface area contributed by atoms with E-state index in [0.29, 0.717) is 32.7 Å². The molecule has 112 valence electrons. The topological polar surface area (TPSA) is 69.9 Å². The summed E-state index contributed by atoms with van der Waals surface area (Å²) in [5, 5.41) is 0.793. The predicted molar refractivity (Wildman–Crippen MR) is 82.7 cm³/mol. The minimum atomic E-state index is -0.168. The van der Waals surface area contributed by atoms with Crippen molar-refractivity contribution in [2.45, 2.75) is 6.54 Å². The molecular weight excluding hydrogens is 327 g/mol. The van der Waals surface area contributed by atoms with Gasteiger partial charge in [-0.25, -0.2) is 9.97 Å². The number of benzene rings is 1. The Balaban J connectivity index is 1.94. The third-order valence-electron chi connectivity index (χ3n) is 3.11. The van der Waals surface area contributed by atoms with E-state index >= 15 is 0 Å². The summed E-state index contributed by atoms with van der Waals surface area (Å²) in [4.78, 5) is 24.7. The SMILES string of the molecule is COc1ncnc2c1ncn2CC(=O)c1ccc(Cl)cc1Cl. The number of carbonyl (C=O) groups excluding carboxylic acids is 1. The van der Waals surface area contributed by atoms with Crippen LogP contribution in [0.5, 0.6) is 5.88 Å². The Morgan fingerprint density at radius 1 is 1.27 bits per heavy atom. The number of hydrogen-bond acceptors (Lipinski definition) is 5. The summed E-state index contributed by atoms with van der Waals surface area (Å²) in [5.74, 6) is 0.194. The van der Waals surface area contributed by atoms with Gasteiger partial charge in [0.2, 0.25) is 5.88 Å². The first-order valence-corrected chi connectivity index (χ1v) is 7.04. The molecule has 2 aromatic heterocycles. The van der Waals surface area contributed by atoms with E-state index in [1.54, 1.807) is 16.7 Å². The number of fused-ring (bicyclic) bond motifs is 1. The Morgan fingerprint density at radius 2 is 2.09 bits per heavy atom. The van der Waals surface area contributed by atoms with Gasteiger partial charge in [0.15, 0.2) is 16.9 Å². The average molecular weight is 337 g/mol. The van der Waals surface area contributed by atoms with E-state index in [9.17, 15) is 4.79 Å². The number of nitrogens with zero attached hydrogens (tertiary/aromatic N) is 4. The summed E-state index contributed by atoms with van der Waals surface area (Å²) >= 11 is 11.9. The molecule has 3 aromatic rings. The van der Waals surface area contributed by atoms with E-state index in [0.717, 1.165) is 0 Å². The van der Waals surface area contributed by atoms with Gasteiger partial charge in [0, 0.05) is 10.6 Å². The van der Waals surface area contributed by atoms with Gasteiger partial charge < -0.3 is 9.30 Å². The van der Waals surface area contributed by atoms with Crippen molar-refractivity contribution in [3.05, 3.63) is 46.5 Å². The Bertz CT molecular complexity index is 863. The molecule has 8 heteroatoms. The number of hydrogen-bond donors (Lipinski definition) is 0. The van der Waals surface area contributed by atoms with Crippen molar-refractivity contribution in [3.63, 3.8) is 0 Å². The molecule has 0 aliphatic carbocycles. The first-order valence-electron chi connectivity index (χ1n) is 6.28. The van der Waals surface area contributed by atoms with Gasteiger partial charge in [0.05, 0.1) is 25.0 Å². The number of carbonyl (C=O) groups is 1. The zero-order chi connectivity index (χ0) is 15.7. The van der Waals surface area contributed by atoms with Gasteiger partial charge in [-0.3, -0.25) is 4.79 Å². The van der Waals surface area contributed by atoms with Gasteiger partial charge in [-0.05, 0) is 18.2 Å². The molecule has 22 heavy (non-hydrogen) atoms. The van der Waals surface area contributed by atoms with Gasteiger partial charge in [-0.15, -0.1) is 0 Å². The van der Waals surface area contributed by atoms with Crippen LogP contribution in [0.15, 0.2) is 30.9 Å². The first kappa shape index (κ1) is 14.7. The molecule has 0 radical (unpaired) electrons. The normalized spacial score (nSPS) is 10.9. The number of methoxy groups -OCH3 is 1. The van der Waals surface area contributed by atoms with E-state index < -0.39 is 0 Å². The molecule has 0 atom stereocenters. The fraction of sp³-hybridized carbons (Fsp3) is 0.143. The molecule has 0 fully saturated rings. The van der Waals surface area contributed by atoms with Crippen LogP contribution in [-0.2, 0) is 6.54 Å². The number of ether oxygens (including phenoxy) is 1. The van der Waals surface area contributed by atoms with Crippen molar-refractivity contribution < 1.29 is 9.53 Å².